The smallest absolute Gasteiger partial charge is 0.475 e. The minimum absolute atomic E-state index is 0.398. The summed E-state index contributed by atoms with van der Waals surface area (Å²) < 4.78 is 31.7. The third kappa shape index (κ3) is 7.82. The van der Waals surface area contributed by atoms with Crippen molar-refractivity contribution >= 4 is 5.97 Å². The number of carboxylic acid groups (broad SMARTS) is 1. The first kappa shape index (κ1) is 26.2. The first-order valence-corrected chi connectivity index (χ1v) is 11.8. The van der Waals surface area contributed by atoms with Gasteiger partial charge in [0.15, 0.2) is 0 Å². The van der Waals surface area contributed by atoms with Crippen LogP contribution >= 0.6 is 0 Å². The predicted octanol–water partition coefficient (Wildman–Crippen LogP) is 4.89. The highest BCUT2D eigenvalue weighted by molar-refractivity contribution is 5.73. The molecule has 8 heteroatoms. The first-order valence-electron chi connectivity index (χ1n) is 11.8. The molecule has 1 unspecified atom stereocenters. The van der Waals surface area contributed by atoms with Crippen molar-refractivity contribution in [3.8, 4) is 11.1 Å². The summed E-state index contributed by atoms with van der Waals surface area (Å²) in [6.07, 6.45) is -0.156. The molecule has 1 atom stereocenters. The number of carboxylic acids is 1. The van der Waals surface area contributed by atoms with E-state index in [0.29, 0.717) is 6.04 Å². The van der Waals surface area contributed by atoms with Gasteiger partial charge in [0.25, 0.3) is 0 Å². The molecule has 3 N–H and O–H groups in total. The van der Waals surface area contributed by atoms with Crippen molar-refractivity contribution in [1.82, 2.24) is 9.80 Å². The lowest BCUT2D eigenvalue weighted by molar-refractivity contribution is -0.192. The van der Waals surface area contributed by atoms with Gasteiger partial charge in [-0.2, -0.15) is 13.2 Å². The highest BCUT2D eigenvalue weighted by Crippen LogP contribution is 2.24. The summed E-state index contributed by atoms with van der Waals surface area (Å²) in [7, 11) is 0. The first-order chi connectivity index (χ1) is 16.1. The van der Waals surface area contributed by atoms with Crippen molar-refractivity contribution in [3.05, 3.63) is 59.7 Å². The van der Waals surface area contributed by atoms with Crippen molar-refractivity contribution in [3.63, 3.8) is 0 Å². The Labute approximate surface area is 199 Å². The van der Waals surface area contributed by atoms with Crippen LogP contribution in [-0.2, 0) is 17.9 Å². The molecule has 186 valence electrons. The molecule has 2 fully saturated rings. The van der Waals surface area contributed by atoms with E-state index in [4.69, 9.17) is 15.6 Å². The van der Waals surface area contributed by atoms with E-state index in [1.165, 1.54) is 41.6 Å². The van der Waals surface area contributed by atoms with Crippen LogP contribution in [0.1, 0.15) is 43.7 Å². The Hall–Kier alpha value is -2.42. The number of nitrogens with two attached hydrogens (primary N) is 1. The summed E-state index contributed by atoms with van der Waals surface area (Å²) in [4.78, 5) is 14.0. The van der Waals surface area contributed by atoms with E-state index >= 15 is 0 Å². The Morgan fingerprint density at radius 2 is 1.62 bits per heavy atom. The van der Waals surface area contributed by atoms with Crippen LogP contribution in [0.5, 0.6) is 0 Å². The van der Waals surface area contributed by atoms with Crippen LogP contribution in [0.4, 0.5) is 13.2 Å². The van der Waals surface area contributed by atoms with E-state index in [9.17, 15) is 13.2 Å². The van der Waals surface area contributed by atoms with Crippen molar-refractivity contribution in [1.29, 1.82) is 0 Å². The number of hydrogen-bond acceptors (Lipinski definition) is 4. The number of alkyl halides is 3. The van der Waals surface area contributed by atoms with Gasteiger partial charge in [0.1, 0.15) is 0 Å². The second-order valence-corrected chi connectivity index (χ2v) is 9.28. The van der Waals surface area contributed by atoms with Crippen molar-refractivity contribution < 1.29 is 23.1 Å². The van der Waals surface area contributed by atoms with E-state index in [-0.39, 0.29) is 0 Å². The molecule has 34 heavy (non-hydrogen) atoms. The minimum atomic E-state index is -5.08. The lowest BCUT2D eigenvalue weighted by Crippen LogP contribution is -2.39. The number of benzene rings is 2. The summed E-state index contributed by atoms with van der Waals surface area (Å²) in [5, 5.41) is 7.12. The third-order valence-electron chi connectivity index (χ3n) is 6.57. The van der Waals surface area contributed by atoms with Gasteiger partial charge in [-0.25, -0.2) is 4.79 Å². The number of piperidine rings is 1. The normalized spacial score (nSPS) is 20.1. The van der Waals surface area contributed by atoms with Gasteiger partial charge in [0.05, 0.1) is 0 Å². The molecule has 0 amide bonds. The van der Waals surface area contributed by atoms with Gasteiger partial charge in [-0.3, -0.25) is 9.80 Å². The summed E-state index contributed by atoms with van der Waals surface area (Å²) in [6.45, 7) is 7.95. The van der Waals surface area contributed by atoms with Gasteiger partial charge < -0.3 is 10.8 Å². The highest BCUT2D eigenvalue weighted by atomic mass is 19.4. The number of hydrogen-bond donors (Lipinski definition) is 2. The summed E-state index contributed by atoms with van der Waals surface area (Å²) in [5.74, 6) is -2.76. The molecule has 2 aromatic carbocycles. The third-order valence-corrected chi connectivity index (χ3v) is 6.57. The molecule has 0 saturated carbocycles. The zero-order chi connectivity index (χ0) is 24.7. The summed E-state index contributed by atoms with van der Waals surface area (Å²) in [5.41, 5.74) is 11.5. The molecule has 2 aliphatic heterocycles. The van der Waals surface area contributed by atoms with Gasteiger partial charge in [0.2, 0.25) is 0 Å². The lowest BCUT2D eigenvalue weighted by atomic mass is 10.0. The average molecular weight is 478 g/mol. The fourth-order valence-electron chi connectivity index (χ4n) is 4.48. The topological polar surface area (TPSA) is 69.8 Å². The van der Waals surface area contributed by atoms with Gasteiger partial charge in [0, 0.05) is 25.2 Å². The van der Waals surface area contributed by atoms with E-state index in [1.807, 2.05) is 0 Å². The zero-order valence-electron chi connectivity index (χ0n) is 19.6. The lowest BCUT2D eigenvalue weighted by Gasteiger charge is -2.30. The Morgan fingerprint density at radius 3 is 2.18 bits per heavy atom. The van der Waals surface area contributed by atoms with Crippen molar-refractivity contribution in [2.45, 2.75) is 64.0 Å². The van der Waals surface area contributed by atoms with Crippen molar-refractivity contribution in [2.24, 2.45) is 5.73 Å². The van der Waals surface area contributed by atoms with Crippen LogP contribution in [0.25, 0.3) is 11.1 Å². The molecule has 0 aliphatic carbocycles. The van der Waals surface area contributed by atoms with Crippen LogP contribution in [0.15, 0.2) is 48.5 Å². The number of nitrogens with zero attached hydrogens (tertiary/aromatic N) is 2. The quantitative estimate of drug-likeness (QED) is 0.642. The number of likely N-dealkylation sites (tertiary alicyclic amines) is 2. The zero-order valence-corrected chi connectivity index (χ0v) is 19.6. The SMILES string of the molecule is CC1CCCN1Cc1ccc(-c2cccc(CN3CCC(N)CC3)c2)cc1.O=C(O)C(F)(F)F. The molecule has 0 aromatic heterocycles. The maximum atomic E-state index is 10.6. The Balaban J connectivity index is 0.000000406. The maximum Gasteiger partial charge on any atom is 0.490 e. The van der Waals surface area contributed by atoms with E-state index in [0.717, 1.165) is 45.1 Å². The fourth-order valence-corrected chi connectivity index (χ4v) is 4.48. The summed E-state index contributed by atoms with van der Waals surface area (Å²) >= 11 is 0. The van der Waals surface area contributed by atoms with Gasteiger partial charge >= 0.3 is 12.1 Å². The molecule has 2 aromatic rings. The van der Waals surface area contributed by atoms with Gasteiger partial charge in [-0.15, -0.1) is 0 Å². The number of aliphatic carboxylic acids is 1. The highest BCUT2D eigenvalue weighted by Gasteiger charge is 2.38. The van der Waals surface area contributed by atoms with Crippen LogP contribution < -0.4 is 5.73 Å². The molecule has 0 spiro atoms. The maximum absolute atomic E-state index is 10.6. The number of halogens is 3. The second kappa shape index (κ2) is 11.8. The van der Waals surface area contributed by atoms with Gasteiger partial charge in [-0.05, 0) is 80.6 Å². The Bertz CT molecular complexity index is 926. The molecule has 2 saturated heterocycles. The standard InChI is InChI=1S/C24H33N3.C2HF3O2/c1-19-4-3-13-27(19)18-20-7-9-22(10-8-20)23-6-2-5-21(16-23)17-26-14-11-24(25)12-15-26;3-2(4,5)1(6)7/h2,5-10,16,19,24H,3-4,11-15,17-18,25H2,1H3;(H,6,7). The molecule has 2 heterocycles. The molecule has 2 aliphatic rings. The van der Waals surface area contributed by atoms with Crippen LogP contribution in [0.3, 0.4) is 0 Å². The molecular formula is C26H34F3N3O2. The average Bonchev–Trinajstić information content (AvgIpc) is 3.20. The number of carbonyl (C=O) groups is 1. The molecule has 5 nitrogen and oxygen atoms in total. The second-order valence-electron chi connectivity index (χ2n) is 9.28. The minimum Gasteiger partial charge on any atom is -0.475 e. The van der Waals surface area contributed by atoms with Crippen molar-refractivity contribution in [2.75, 3.05) is 19.6 Å². The van der Waals surface area contributed by atoms with Crippen LogP contribution in [0.2, 0.25) is 0 Å². The number of rotatable bonds is 5. The summed E-state index contributed by atoms with van der Waals surface area (Å²) in [6, 6.07) is 19.3. The predicted molar refractivity (Wildman–Crippen MR) is 127 cm³/mol. The van der Waals surface area contributed by atoms with E-state index in [1.54, 1.807) is 0 Å². The molecular weight excluding hydrogens is 443 g/mol. The van der Waals surface area contributed by atoms with Gasteiger partial charge in [-0.1, -0.05) is 42.5 Å². The van der Waals surface area contributed by atoms with E-state index in [2.05, 4.69) is 65.3 Å². The molecule has 4 rings (SSSR count). The Morgan fingerprint density at radius 1 is 0.971 bits per heavy atom. The Kier molecular flexibility index (Phi) is 9.10. The van der Waals surface area contributed by atoms with Crippen LogP contribution in [-0.4, -0.2) is 58.8 Å². The molecule has 0 bridgehead atoms. The molecule has 0 radical (unpaired) electrons. The largest absolute Gasteiger partial charge is 0.490 e. The fraction of sp³-hybridized carbons (Fsp3) is 0.500. The van der Waals surface area contributed by atoms with E-state index < -0.39 is 12.1 Å². The monoisotopic (exact) mass is 477 g/mol. The van der Waals surface area contributed by atoms with Crippen LogP contribution in [0, 0.1) is 0 Å².